The van der Waals surface area contributed by atoms with Crippen molar-refractivity contribution in [2.24, 2.45) is 5.14 Å². The van der Waals surface area contributed by atoms with E-state index in [1.54, 1.807) is 6.07 Å². The van der Waals surface area contributed by atoms with Crippen LogP contribution in [0.1, 0.15) is 23.0 Å². The molecule has 0 aliphatic carbocycles. The van der Waals surface area contributed by atoms with Gasteiger partial charge in [0, 0.05) is 12.2 Å². The van der Waals surface area contributed by atoms with Gasteiger partial charge in [-0.2, -0.15) is 0 Å². The molecule has 2 N–H and O–H groups in total. The molecule has 6 nitrogen and oxygen atoms in total. The summed E-state index contributed by atoms with van der Waals surface area (Å²) in [5.41, 5.74) is 1.74. The number of anilines is 1. The highest BCUT2D eigenvalue weighted by atomic mass is 32.2. The fourth-order valence-electron chi connectivity index (χ4n) is 1.96. The third-order valence-electron chi connectivity index (χ3n) is 2.95. The maximum absolute atomic E-state index is 12.4. The van der Waals surface area contributed by atoms with Crippen LogP contribution in [0.5, 0.6) is 0 Å². The topological polar surface area (TPSA) is 93.6 Å². The molecule has 0 saturated heterocycles. The minimum absolute atomic E-state index is 0.0672. The van der Waals surface area contributed by atoms with Crippen molar-refractivity contribution in [1.82, 2.24) is 0 Å². The van der Waals surface area contributed by atoms with Crippen LogP contribution in [-0.2, 0) is 10.0 Å². The Balaban J connectivity index is 2.35. The summed E-state index contributed by atoms with van der Waals surface area (Å²) in [6.07, 6.45) is 0. The normalized spacial score (nSPS) is 11.4. The standard InChI is InChI=1S/C14H16N2O4S/c1-3-16(11-6-4-5-10(2)9-11)14(17)12-7-8-13(20-12)21(15,18)19/h4-9H,3H2,1-2H3,(H2,15,18,19). The van der Waals surface area contributed by atoms with Crippen LogP contribution in [0, 0.1) is 6.92 Å². The molecule has 0 bridgehead atoms. The van der Waals surface area contributed by atoms with Gasteiger partial charge in [0.25, 0.3) is 15.9 Å². The highest BCUT2D eigenvalue weighted by Gasteiger charge is 2.22. The molecule has 21 heavy (non-hydrogen) atoms. The molecule has 0 atom stereocenters. The summed E-state index contributed by atoms with van der Waals surface area (Å²) >= 11 is 0. The summed E-state index contributed by atoms with van der Waals surface area (Å²) in [7, 11) is -3.96. The first-order valence-corrected chi connectivity index (χ1v) is 7.88. The minimum atomic E-state index is -3.96. The molecule has 0 saturated carbocycles. The molecule has 112 valence electrons. The average Bonchev–Trinajstić information content (AvgIpc) is 2.89. The van der Waals surface area contributed by atoms with Crippen molar-refractivity contribution in [2.75, 3.05) is 11.4 Å². The third-order valence-corrected chi connectivity index (χ3v) is 3.73. The molecule has 1 heterocycles. The molecule has 1 amide bonds. The van der Waals surface area contributed by atoms with Crippen molar-refractivity contribution in [3.63, 3.8) is 0 Å². The first-order valence-electron chi connectivity index (χ1n) is 6.34. The smallest absolute Gasteiger partial charge is 0.294 e. The van der Waals surface area contributed by atoms with E-state index in [0.29, 0.717) is 6.54 Å². The molecule has 7 heteroatoms. The van der Waals surface area contributed by atoms with Crippen LogP contribution in [0.4, 0.5) is 5.69 Å². The van der Waals surface area contributed by atoms with E-state index < -0.39 is 21.0 Å². The summed E-state index contributed by atoms with van der Waals surface area (Å²) in [5, 5.41) is 4.54. The van der Waals surface area contributed by atoms with E-state index in [1.807, 2.05) is 32.0 Å². The Labute approximate surface area is 123 Å². The van der Waals surface area contributed by atoms with Gasteiger partial charge in [-0.25, -0.2) is 13.6 Å². The SMILES string of the molecule is CCN(C(=O)c1ccc(S(N)(=O)=O)o1)c1cccc(C)c1. The second-order valence-corrected chi connectivity index (χ2v) is 6.04. The summed E-state index contributed by atoms with van der Waals surface area (Å²) in [6.45, 7) is 4.17. The second-order valence-electron chi connectivity index (χ2n) is 4.55. The van der Waals surface area contributed by atoms with Crippen molar-refractivity contribution < 1.29 is 17.6 Å². The molecule has 0 fully saturated rings. The monoisotopic (exact) mass is 308 g/mol. The zero-order valence-electron chi connectivity index (χ0n) is 11.7. The summed E-state index contributed by atoms with van der Waals surface area (Å²) < 4.78 is 27.4. The number of rotatable bonds is 4. The Bertz CT molecular complexity index is 765. The van der Waals surface area contributed by atoms with Crippen molar-refractivity contribution >= 4 is 21.6 Å². The molecule has 2 rings (SSSR count). The van der Waals surface area contributed by atoms with Crippen molar-refractivity contribution in [3.8, 4) is 0 Å². The maximum atomic E-state index is 12.4. The lowest BCUT2D eigenvalue weighted by molar-refractivity contribution is 0.0956. The highest BCUT2D eigenvalue weighted by molar-refractivity contribution is 7.89. The summed E-state index contributed by atoms with van der Waals surface area (Å²) in [5.74, 6) is -0.486. The largest absolute Gasteiger partial charge is 0.438 e. The fourth-order valence-corrected chi connectivity index (χ4v) is 2.42. The third kappa shape index (κ3) is 3.32. The van der Waals surface area contributed by atoms with Gasteiger partial charge in [-0.1, -0.05) is 12.1 Å². The Morgan fingerprint density at radius 3 is 2.52 bits per heavy atom. The molecule has 0 spiro atoms. The second kappa shape index (κ2) is 5.71. The molecule has 0 aliphatic rings. The van der Waals surface area contributed by atoms with E-state index >= 15 is 0 Å². The number of furan rings is 1. The van der Waals surface area contributed by atoms with E-state index in [2.05, 4.69) is 0 Å². The lowest BCUT2D eigenvalue weighted by Gasteiger charge is -2.20. The van der Waals surface area contributed by atoms with Crippen LogP contribution >= 0.6 is 0 Å². The van der Waals surface area contributed by atoms with E-state index in [0.717, 1.165) is 11.3 Å². The zero-order chi connectivity index (χ0) is 15.6. The number of nitrogens with zero attached hydrogens (tertiary/aromatic N) is 1. The van der Waals surface area contributed by atoms with Crippen molar-refractivity contribution in [1.29, 1.82) is 0 Å². The predicted octanol–water partition coefficient (Wildman–Crippen LogP) is 1.90. The molecule has 2 aromatic rings. The van der Waals surface area contributed by atoms with Gasteiger partial charge in [0.15, 0.2) is 5.76 Å². The first kappa shape index (κ1) is 15.3. The van der Waals surface area contributed by atoms with Gasteiger partial charge >= 0.3 is 0 Å². The van der Waals surface area contributed by atoms with E-state index in [9.17, 15) is 13.2 Å². The highest BCUT2D eigenvalue weighted by Crippen LogP contribution is 2.20. The number of carbonyl (C=O) groups excluding carboxylic acids is 1. The van der Waals surface area contributed by atoms with Gasteiger partial charge in [-0.05, 0) is 43.7 Å². The Hall–Kier alpha value is -2.12. The van der Waals surface area contributed by atoms with E-state index in [4.69, 9.17) is 9.56 Å². The van der Waals surface area contributed by atoms with Gasteiger partial charge in [0.1, 0.15) is 0 Å². The number of hydrogen-bond acceptors (Lipinski definition) is 4. The number of sulfonamides is 1. The maximum Gasteiger partial charge on any atom is 0.294 e. The van der Waals surface area contributed by atoms with Gasteiger partial charge in [0.05, 0.1) is 0 Å². The van der Waals surface area contributed by atoms with Gasteiger partial charge < -0.3 is 9.32 Å². The first-order chi connectivity index (χ1) is 9.82. The minimum Gasteiger partial charge on any atom is -0.438 e. The molecular weight excluding hydrogens is 292 g/mol. The van der Waals surface area contributed by atoms with Crippen LogP contribution < -0.4 is 10.0 Å². The van der Waals surface area contributed by atoms with Crippen LogP contribution in [0.25, 0.3) is 0 Å². The molecular formula is C14H16N2O4S. The molecule has 1 aromatic heterocycles. The van der Waals surface area contributed by atoms with E-state index in [-0.39, 0.29) is 5.76 Å². The predicted molar refractivity (Wildman–Crippen MR) is 78.6 cm³/mol. The quantitative estimate of drug-likeness (QED) is 0.933. The number of hydrogen-bond donors (Lipinski definition) is 1. The summed E-state index contributed by atoms with van der Waals surface area (Å²) in [4.78, 5) is 13.9. The van der Waals surface area contributed by atoms with Gasteiger partial charge in [-0.3, -0.25) is 4.79 Å². The van der Waals surface area contributed by atoms with Gasteiger partial charge in [-0.15, -0.1) is 0 Å². The lowest BCUT2D eigenvalue weighted by Crippen LogP contribution is -2.30. The number of benzene rings is 1. The van der Waals surface area contributed by atoms with Crippen LogP contribution in [0.15, 0.2) is 45.9 Å². The zero-order valence-corrected chi connectivity index (χ0v) is 12.6. The van der Waals surface area contributed by atoms with Crippen LogP contribution in [0.2, 0.25) is 0 Å². The Morgan fingerprint density at radius 1 is 1.29 bits per heavy atom. The van der Waals surface area contributed by atoms with Crippen LogP contribution in [-0.4, -0.2) is 20.9 Å². The molecule has 0 aliphatic heterocycles. The number of amides is 1. The fraction of sp³-hybridized carbons (Fsp3) is 0.214. The number of nitrogens with two attached hydrogens (primary N) is 1. The molecule has 1 aromatic carbocycles. The Morgan fingerprint density at radius 2 is 2.00 bits per heavy atom. The van der Waals surface area contributed by atoms with E-state index in [1.165, 1.54) is 17.0 Å². The van der Waals surface area contributed by atoms with Crippen molar-refractivity contribution in [2.45, 2.75) is 18.9 Å². The molecule has 0 unspecified atom stereocenters. The van der Waals surface area contributed by atoms with Gasteiger partial charge in [0.2, 0.25) is 5.09 Å². The number of primary sulfonamides is 1. The Kier molecular flexibility index (Phi) is 4.15. The lowest BCUT2D eigenvalue weighted by atomic mass is 10.2. The number of aryl methyl sites for hydroxylation is 1. The average molecular weight is 308 g/mol. The summed E-state index contributed by atoms with van der Waals surface area (Å²) in [6, 6.07) is 9.92. The van der Waals surface area contributed by atoms with Crippen molar-refractivity contribution in [3.05, 3.63) is 47.7 Å². The number of carbonyl (C=O) groups is 1. The van der Waals surface area contributed by atoms with Crippen LogP contribution in [0.3, 0.4) is 0 Å². The molecule has 0 radical (unpaired) electrons.